The van der Waals surface area contributed by atoms with E-state index in [1.54, 1.807) is 19.1 Å². The van der Waals surface area contributed by atoms with E-state index < -0.39 is 6.36 Å². The highest BCUT2D eigenvalue weighted by atomic mass is 19.4. The second-order valence-electron chi connectivity index (χ2n) is 12.3. The Bertz CT molecular complexity index is 1110. The second kappa shape index (κ2) is 14.3. The van der Waals surface area contributed by atoms with Gasteiger partial charge >= 0.3 is 6.36 Å². The molecule has 5 nitrogen and oxygen atoms in total. The molecule has 0 radical (unpaired) electrons. The average molecular weight is 575 g/mol. The highest BCUT2D eigenvalue weighted by molar-refractivity contribution is 5.77. The summed E-state index contributed by atoms with van der Waals surface area (Å²) in [4.78, 5) is 29.6. The number of amides is 1. The maximum absolute atomic E-state index is 13.7. The van der Waals surface area contributed by atoms with Gasteiger partial charge in [0.2, 0.25) is 5.91 Å². The van der Waals surface area contributed by atoms with Gasteiger partial charge in [-0.2, -0.15) is 0 Å². The maximum Gasteiger partial charge on any atom is 0.573 e. The molecule has 2 aromatic carbocycles. The Kier molecular flexibility index (Phi) is 11.4. The number of alkyl halides is 3. The molecule has 1 aliphatic heterocycles. The van der Waals surface area contributed by atoms with Crippen molar-refractivity contribution in [2.75, 3.05) is 19.6 Å². The number of carbonyl (C=O) groups is 2. The lowest BCUT2D eigenvalue weighted by molar-refractivity contribution is -0.274. The van der Waals surface area contributed by atoms with E-state index in [1.165, 1.54) is 12.1 Å². The molecule has 1 saturated heterocycles. The molecule has 41 heavy (non-hydrogen) atoms. The van der Waals surface area contributed by atoms with Crippen molar-refractivity contribution in [1.82, 2.24) is 9.80 Å². The van der Waals surface area contributed by atoms with Crippen molar-refractivity contribution in [1.29, 1.82) is 0 Å². The molecular formula is C33H45F3N2O3. The molecule has 0 aromatic heterocycles. The maximum atomic E-state index is 13.7. The Labute approximate surface area is 243 Å². The van der Waals surface area contributed by atoms with Crippen LogP contribution >= 0.6 is 0 Å². The molecule has 2 aromatic rings. The first-order valence-corrected chi connectivity index (χ1v) is 14.7. The van der Waals surface area contributed by atoms with E-state index in [4.69, 9.17) is 0 Å². The molecule has 1 heterocycles. The molecule has 0 spiro atoms. The topological polar surface area (TPSA) is 49.9 Å². The Balaban J connectivity index is 1.83. The molecule has 1 amide bonds. The lowest BCUT2D eigenvalue weighted by Crippen LogP contribution is -2.60. The summed E-state index contributed by atoms with van der Waals surface area (Å²) in [6, 6.07) is 15.8. The number of ketones is 1. The Morgan fingerprint density at radius 3 is 2.15 bits per heavy atom. The zero-order chi connectivity index (χ0) is 30.2. The van der Waals surface area contributed by atoms with Crippen molar-refractivity contribution >= 4 is 11.7 Å². The predicted octanol–water partition coefficient (Wildman–Crippen LogP) is 7.80. The zero-order valence-corrected chi connectivity index (χ0v) is 25.0. The molecule has 1 aliphatic rings. The largest absolute Gasteiger partial charge is 0.573 e. The first kappa shape index (κ1) is 32.6. The van der Waals surface area contributed by atoms with Gasteiger partial charge in [0.1, 0.15) is 11.5 Å². The van der Waals surface area contributed by atoms with Crippen molar-refractivity contribution in [3.8, 4) is 5.75 Å². The molecule has 0 saturated carbocycles. The molecule has 1 unspecified atom stereocenters. The third kappa shape index (κ3) is 9.87. The molecule has 0 aliphatic carbocycles. The quantitative estimate of drug-likeness (QED) is 0.260. The van der Waals surface area contributed by atoms with Gasteiger partial charge in [-0.15, -0.1) is 13.2 Å². The number of ether oxygens (including phenoxy) is 1. The number of Topliss-reactive ketones (excluding diaryl/α,β-unsaturated/α-hetero) is 1. The molecule has 1 fully saturated rings. The fourth-order valence-electron chi connectivity index (χ4n) is 5.94. The van der Waals surface area contributed by atoms with Gasteiger partial charge in [-0.3, -0.25) is 9.69 Å². The van der Waals surface area contributed by atoms with Crippen LogP contribution in [0.4, 0.5) is 13.2 Å². The van der Waals surface area contributed by atoms with Crippen LogP contribution in [0.1, 0.15) is 90.3 Å². The van der Waals surface area contributed by atoms with Crippen LogP contribution in [0.2, 0.25) is 0 Å². The number of nitrogens with zero attached hydrogens (tertiary/aromatic N) is 2. The van der Waals surface area contributed by atoms with Gasteiger partial charge < -0.3 is 14.4 Å². The summed E-state index contributed by atoms with van der Waals surface area (Å²) in [6.07, 6.45) is -0.0393. The number of rotatable bonds is 12. The van der Waals surface area contributed by atoms with E-state index in [0.29, 0.717) is 32.5 Å². The van der Waals surface area contributed by atoms with Gasteiger partial charge in [0.05, 0.1) is 6.04 Å². The molecule has 8 heteroatoms. The van der Waals surface area contributed by atoms with E-state index in [2.05, 4.69) is 37.3 Å². The summed E-state index contributed by atoms with van der Waals surface area (Å²) in [7, 11) is 0. The number of benzene rings is 2. The van der Waals surface area contributed by atoms with E-state index in [0.717, 1.165) is 36.8 Å². The van der Waals surface area contributed by atoms with Gasteiger partial charge in [0.15, 0.2) is 0 Å². The predicted molar refractivity (Wildman–Crippen MR) is 155 cm³/mol. The fraction of sp³-hybridized carbons (Fsp3) is 0.576. The van der Waals surface area contributed by atoms with Crippen LogP contribution in [0.15, 0.2) is 54.6 Å². The van der Waals surface area contributed by atoms with Gasteiger partial charge in [-0.05, 0) is 54.4 Å². The normalized spacial score (nSPS) is 18.1. The van der Waals surface area contributed by atoms with Crippen molar-refractivity contribution in [3.63, 3.8) is 0 Å². The minimum absolute atomic E-state index is 0.0395. The van der Waals surface area contributed by atoms with E-state index >= 15 is 0 Å². The van der Waals surface area contributed by atoms with Crippen LogP contribution in [-0.2, 0) is 9.59 Å². The first-order chi connectivity index (χ1) is 19.3. The molecule has 3 rings (SSSR count). The van der Waals surface area contributed by atoms with Crippen LogP contribution in [-0.4, -0.2) is 53.5 Å². The summed E-state index contributed by atoms with van der Waals surface area (Å²) < 4.78 is 42.4. The molecule has 3 atom stereocenters. The summed E-state index contributed by atoms with van der Waals surface area (Å²) in [5.74, 6) is 0.364. The van der Waals surface area contributed by atoms with Crippen LogP contribution < -0.4 is 4.74 Å². The minimum atomic E-state index is -4.74. The lowest BCUT2D eigenvalue weighted by Gasteiger charge is -2.49. The van der Waals surface area contributed by atoms with E-state index in [-0.39, 0.29) is 40.9 Å². The number of carbonyl (C=O) groups excluding carboxylic acids is 2. The van der Waals surface area contributed by atoms with Crippen molar-refractivity contribution in [2.24, 2.45) is 11.3 Å². The van der Waals surface area contributed by atoms with Crippen LogP contribution in [0.5, 0.6) is 5.75 Å². The molecule has 0 bridgehead atoms. The summed E-state index contributed by atoms with van der Waals surface area (Å²) >= 11 is 0. The van der Waals surface area contributed by atoms with Gasteiger partial charge in [-0.1, -0.05) is 83.0 Å². The van der Waals surface area contributed by atoms with Crippen LogP contribution in [0, 0.1) is 11.3 Å². The first-order valence-electron chi connectivity index (χ1n) is 14.7. The van der Waals surface area contributed by atoms with Crippen molar-refractivity contribution in [2.45, 2.75) is 91.6 Å². The lowest BCUT2D eigenvalue weighted by atomic mass is 9.82. The number of halogens is 3. The third-order valence-corrected chi connectivity index (χ3v) is 7.94. The molecule has 0 N–H and O–H groups in total. The smallest absolute Gasteiger partial charge is 0.406 e. The van der Waals surface area contributed by atoms with Crippen LogP contribution in [0.3, 0.4) is 0 Å². The van der Waals surface area contributed by atoms with Gasteiger partial charge in [0, 0.05) is 38.5 Å². The van der Waals surface area contributed by atoms with Crippen molar-refractivity contribution in [3.05, 3.63) is 65.7 Å². The van der Waals surface area contributed by atoms with Gasteiger partial charge in [-0.25, -0.2) is 0 Å². The fourth-order valence-corrected chi connectivity index (χ4v) is 5.94. The number of piperazine rings is 1. The van der Waals surface area contributed by atoms with E-state index in [9.17, 15) is 22.8 Å². The summed E-state index contributed by atoms with van der Waals surface area (Å²) in [6.45, 7) is 12.0. The summed E-state index contributed by atoms with van der Waals surface area (Å²) in [5, 5.41) is 0. The molecule has 226 valence electrons. The number of hydrogen-bond donors (Lipinski definition) is 0. The Morgan fingerprint density at radius 2 is 1.59 bits per heavy atom. The number of hydrogen-bond acceptors (Lipinski definition) is 4. The average Bonchev–Trinajstić information content (AvgIpc) is 2.89. The third-order valence-electron chi connectivity index (χ3n) is 7.94. The zero-order valence-electron chi connectivity index (χ0n) is 25.0. The molecular weight excluding hydrogens is 529 g/mol. The summed E-state index contributed by atoms with van der Waals surface area (Å²) in [5.41, 5.74) is 1.72. The van der Waals surface area contributed by atoms with Gasteiger partial charge in [0.25, 0.3) is 0 Å². The highest BCUT2D eigenvalue weighted by Gasteiger charge is 2.40. The SMILES string of the molecule is CCCC(CCCC(C)=O)CC(=O)N1CCN([C@@H](c2ccccc2)c2ccc(OC(F)(F)F)cc2)C[C@@H]1C(C)(C)C. The minimum Gasteiger partial charge on any atom is -0.406 e. The Morgan fingerprint density at radius 1 is 0.951 bits per heavy atom. The van der Waals surface area contributed by atoms with Crippen molar-refractivity contribution < 1.29 is 27.5 Å². The highest BCUT2D eigenvalue weighted by Crippen LogP contribution is 2.36. The van der Waals surface area contributed by atoms with E-state index in [1.807, 2.05) is 35.2 Å². The Hall–Kier alpha value is -2.87. The van der Waals surface area contributed by atoms with Crippen LogP contribution in [0.25, 0.3) is 0 Å². The monoisotopic (exact) mass is 574 g/mol. The second-order valence-corrected chi connectivity index (χ2v) is 12.3. The standard InChI is InChI=1S/C33H45F3N2O3/c1-6-11-25(13-10-12-24(2)39)22-30(40)38-21-20-37(23-29(38)32(3,4)5)31(26-14-8-7-9-15-26)27-16-18-28(19-17-27)41-33(34,35)36/h7-9,14-19,25,29,31H,6,10-13,20-23H2,1-5H3/t25?,29-,31+/m1/s1.